The summed E-state index contributed by atoms with van der Waals surface area (Å²) in [6.45, 7) is 0. The lowest BCUT2D eigenvalue weighted by Gasteiger charge is -2.14. The summed E-state index contributed by atoms with van der Waals surface area (Å²) in [6, 6.07) is 5.53. The topological polar surface area (TPSA) is 58.2 Å². The van der Waals surface area contributed by atoms with Crippen molar-refractivity contribution in [3.8, 4) is 0 Å². The molecule has 0 radical (unpaired) electrons. The van der Waals surface area contributed by atoms with Gasteiger partial charge < -0.3 is 10.6 Å². The lowest BCUT2D eigenvalue weighted by Crippen LogP contribution is -2.23. The molecule has 10 heteroatoms. The molecule has 0 saturated heterocycles. The van der Waals surface area contributed by atoms with Crippen LogP contribution in [0, 0.1) is 11.6 Å². The Balaban J connectivity index is 2.09. The molecule has 0 unspecified atom stereocenters. The highest BCUT2D eigenvalue weighted by atomic mass is 35.5. The molecular formula is C16H10ClF5N2O2. The number of rotatable bonds is 4. The number of benzene rings is 2. The van der Waals surface area contributed by atoms with Crippen LogP contribution in [0.1, 0.15) is 12.0 Å². The Labute approximate surface area is 149 Å². The van der Waals surface area contributed by atoms with E-state index in [9.17, 15) is 31.5 Å². The number of hydrogen-bond donors (Lipinski definition) is 2. The van der Waals surface area contributed by atoms with Gasteiger partial charge in [-0.1, -0.05) is 17.7 Å². The molecule has 0 saturated carbocycles. The van der Waals surface area contributed by atoms with Crippen molar-refractivity contribution in [2.45, 2.75) is 12.6 Å². The van der Waals surface area contributed by atoms with E-state index in [1.165, 1.54) is 0 Å². The summed E-state index contributed by atoms with van der Waals surface area (Å²) in [7, 11) is 0. The molecule has 4 nitrogen and oxygen atoms in total. The Hall–Kier alpha value is -2.68. The van der Waals surface area contributed by atoms with Crippen LogP contribution in [0.4, 0.5) is 33.3 Å². The second kappa shape index (κ2) is 7.69. The van der Waals surface area contributed by atoms with Gasteiger partial charge in [0.1, 0.15) is 23.7 Å². The van der Waals surface area contributed by atoms with E-state index in [0.29, 0.717) is 6.07 Å². The number of amides is 2. The Morgan fingerprint density at radius 1 is 0.962 bits per heavy atom. The molecule has 2 aromatic carbocycles. The predicted octanol–water partition coefficient (Wildman–Crippen LogP) is 4.60. The zero-order valence-electron chi connectivity index (χ0n) is 12.8. The second-order valence-corrected chi connectivity index (χ2v) is 5.49. The summed E-state index contributed by atoms with van der Waals surface area (Å²) in [4.78, 5) is 23.5. The molecule has 138 valence electrons. The molecular weight excluding hydrogens is 383 g/mol. The molecule has 0 atom stereocenters. The summed E-state index contributed by atoms with van der Waals surface area (Å²) in [5.41, 5.74) is -2.55. The third-order valence-electron chi connectivity index (χ3n) is 3.11. The number of carbonyl (C=O) groups excluding carboxylic acids is 2. The summed E-state index contributed by atoms with van der Waals surface area (Å²) in [6.07, 6.45) is -5.74. The van der Waals surface area contributed by atoms with E-state index < -0.39 is 53.0 Å². The van der Waals surface area contributed by atoms with Crippen molar-refractivity contribution in [1.82, 2.24) is 0 Å². The van der Waals surface area contributed by atoms with E-state index in [0.717, 1.165) is 30.3 Å². The molecule has 0 bridgehead atoms. The average Bonchev–Trinajstić information content (AvgIpc) is 2.51. The Bertz CT molecular complexity index is 835. The fourth-order valence-electron chi connectivity index (χ4n) is 2.00. The van der Waals surface area contributed by atoms with E-state index in [2.05, 4.69) is 0 Å². The monoisotopic (exact) mass is 392 g/mol. The zero-order chi connectivity index (χ0) is 19.5. The van der Waals surface area contributed by atoms with Crippen molar-refractivity contribution in [3.63, 3.8) is 0 Å². The van der Waals surface area contributed by atoms with Crippen molar-refractivity contribution in [3.05, 3.63) is 58.6 Å². The smallest absolute Gasteiger partial charge is 0.325 e. The van der Waals surface area contributed by atoms with Gasteiger partial charge in [-0.2, -0.15) is 13.2 Å². The van der Waals surface area contributed by atoms with E-state index in [-0.39, 0.29) is 5.02 Å². The summed E-state index contributed by atoms with van der Waals surface area (Å²) in [5, 5.41) is 3.59. The minimum atomic E-state index is -4.79. The number of nitrogens with one attached hydrogen (secondary N) is 2. The van der Waals surface area contributed by atoms with Gasteiger partial charge in [-0.25, -0.2) is 8.78 Å². The number of hydrogen-bond acceptors (Lipinski definition) is 2. The number of halogens is 6. The van der Waals surface area contributed by atoms with Crippen molar-refractivity contribution in [2.75, 3.05) is 10.6 Å². The van der Waals surface area contributed by atoms with Crippen LogP contribution < -0.4 is 10.6 Å². The first-order valence-electron chi connectivity index (χ1n) is 6.98. The standard InChI is InChI=1S/C16H10ClF5N2O2/c17-8-4-5-12(9(6-8)16(20,21)22)23-13(25)7-14(26)24-15-10(18)2-1-3-11(15)19/h1-6H,7H2,(H,23,25)(H,24,26). The molecule has 2 N–H and O–H groups in total. The maximum Gasteiger partial charge on any atom is 0.418 e. The van der Waals surface area contributed by atoms with Crippen molar-refractivity contribution >= 4 is 34.8 Å². The fraction of sp³-hybridized carbons (Fsp3) is 0.125. The minimum Gasteiger partial charge on any atom is -0.325 e. The molecule has 2 aromatic rings. The normalized spacial score (nSPS) is 11.2. The second-order valence-electron chi connectivity index (χ2n) is 5.06. The maximum absolute atomic E-state index is 13.4. The third-order valence-corrected chi connectivity index (χ3v) is 3.34. The van der Waals surface area contributed by atoms with Gasteiger partial charge >= 0.3 is 6.18 Å². The molecule has 26 heavy (non-hydrogen) atoms. The van der Waals surface area contributed by atoms with Gasteiger partial charge in [0.05, 0.1) is 11.3 Å². The highest BCUT2D eigenvalue weighted by molar-refractivity contribution is 6.30. The lowest BCUT2D eigenvalue weighted by atomic mass is 10.1. The van der Waals surface area contributed by atoms with Gasteiger partial charge in [-0.05, 0) is 30.3 Å². The zero-order valence-corrected chi connectivity index (χ0v) is 13.5. The van der Waals surface area contributed by atoms with Crippen molar-refractivity contribution in [1.29, 1.82) is 0 Å². The highest BCUT2D eigenvalue weighted by Crippen LogP contribution is 2.36. The van der Waals surface area contributed by atoms with E-state index in [1.807, 2.05) is 10.6 Å². The molecule has 0 heterocycles. The van der Waals surface area contributed by atoms with Crippen LogP contribution >= 0.6 is 11.6 Å². The highest BCUT2D eigenvalue weighted by Gasteiger charge is 2.34. The van der Waals surface area contributed by atoms with Crippen LogP contribution in [0.3, 0.4) is 0 Å². The summed E-state index contributed by atoms with van der Waals surface area (Å²) >= 11 is 5.52. The fourth-order valence-corrected chi connectivity index (χ4v) is 2.17. The van der Waals surface area contributed by atoms with Gasteiger partial charge in [-0.15, -0.1) is 0 Å². The first-order valence-corrected chi connectivity index (χ1v) is 7.36. The van der Waals surface area contributed by atoms with Gasteiger partial charge in [0.2, 0.25) is 11.8 Å². The first kappa shape index (κ1) is 19.6. The van der Waals surface area contributed by atoms with Gasteiger partial charge in [0, 0.05) is 5.02 Å². The average molecular weight is 393 g/mol. The van der Waals surface area contributed by atoms with Gasteiger partial charge in [0.25, 0.3) is 0 Å². The van der Waals surface area contributed by atoms with E-state index >= 15 is 0 Å². The molecule has 0 fully saturated rings. The van der Waals surface area contributed by atoms with Crippen LogP contribution in [-0.4, -0.2) is 11.8 Å². The van der Waals surface area contributed by atoms with Crippen LogP contribution in [-0.2, 0) is 15.8 Å². The Morgan fingerprint density at radius 2 is 1.54 bits per heavy atom. The molecule has 0 aliphatic carbocycles. The summed E-state index contributed by atoms with van der Waals surface area (Å²) in [5.74, 6) is -4.33. The summed E-state index contributed by atoms with van der Waals surface area (Å²) < 4.78 is 65.7. The Morgan fingerprint density at radius 3 is 2.12 bits per heavy atom. The molecule has 2 amide bonds. The lowest BCUT2D eigenvalue weighted by molar-refractivity contribution is -0.137. The molecule has 0 spiro atoms. The first-order chi connectivity index (χ1) is 12.1. The molecule has 0 aliphatic rings. The van der Waals surface area contributed by atoms with Crippen LogP contribution in [0.2, 0.25) is 5.02 Å². The largest absolute Gasteiger partial charge is 0.418 e. The predicted molar refractivity (Wildman–Crippen MR) is 84.7 cm³/mol. The molecule has 0 aliphatic heterocycles. The minimum absolute atomic E-state index is 0.192. The van der Waals surface area contributed by atoms with Crippen LogP contribution in [0.25, 0.3) is 0 Å². The van der Waals surface area contributed by atoms with E-state index in [4.69, 9.17) is 11.6 Å². The third kappa shape index (κ3) is 4.92. The van der Waals surface area contributed by atoms with Crippen LogP contribution in [0.15, 0.2) is 36.4 Å². The molecule has 2 rings (SSSR count). The number of para-hydroxylation sites is 1. The number of anilines is 2. The van der Waals surface area contributed by atoms with E-state index in [1.54, 1.807) is 0 Å². The Kier molecular flexibility index (Phi) is 5.81. The van der Waals surface area contributed by atoms with Crippen molar-refractivity contribution in [2.24, 2.45) is 0 Å². The number of carbonyl (C=O) groups is 2. The van der Waals surface area contributed by atoms with Crippen molar-refractivity contribution < 1.29 is 31.5 Å². The maximum atomic E-state index is 13.4. The quantitative estimate of drug-likeness (QED) is 0.590. The SMILES string of the molecule is O=C(CC(=O)Nc1c(F)cccc1F)Nc1ccc(Cl)cc1C(F)(F)F. The van der Waals surface area contributed by atoms with Gasteiger partial charge in [0.15, 0.2) is 0 Å². The van der Waals surface area contributed by atoms with Crippen LogP contribution in [0.5, 0.6) is 0 Å². The molecule has 0 aromatic heterocycles. The van der Waals surface area contributed by atoms with Gasteiger partial charge in [-0.3, -0.25) is 9.59 Å². The number of alkyl halides is 3.